The molecule has 2 aromatic rings. The van der Waals surface area contributed by atoms with Gasteiger partial charge >= 0.3 is 0 Å². The number of benzene rings is 1. The maximum atomic E-state index is 5.84. The molecule has 1 aliphatic carbocycles. The van der Waals surface area contributed by atoms with Gasteiger partial charge in [-0.2, -0.15) is 0 Å². The maximum absolute atomic E-state index is 5.84. The fourth-order valence-corrected chi connectivity index (χ4v) is 2.40. The number of rotatable bonds is 6. The molecule has 0 atom stereocenters. The molecule has 1 heterocycles. The molecule has 1 aromatic heterocycles. The van der Waals surface area contributed by atoms with Crippen molar-refractivity contribution in [2.45, 2.75) is 30.3 Å². The fourth-order valence-electron chi connectivity index (χ4n) is 1.87. The zero-order valence-electron chi connectivity index (χ0n) is 11.4. The molecule has 0 spiro atoms. The molecule has 1 aromatic carbocycles. The van der Waals surface area contributed by atoms with Crippen molar-refractivity contribution in [2.24, 2.45) is 0 Å². The van der Waals surface area contributed by atoms with Crippen LogP contribution in [0, 0.1) is 0 Å². The van der Waals surface area contributed by atoms with E-state index in [1.165, 1.54) is 12.8 Å². The second-order valence-electron chi connectivity index (χ2n) is 4.76. The van der Waals surface area contributed by atoms with E-state index in [2.05, 4.69) is 15.3 Å². The van der Waals surface area contributed by atoms with Gasteiger partial charge in [0.1, 0.15) is 5.75 Å². The minimum atomic E-state index is 0.543. The van der Waals surface area contributed by atoms with Crippen LogP contribution in [-0.2, 0) is 6.54 Å². The normalized spacial score (nSPS) is 14.2. The van der Waals surface area contributed by atoms with Crippen molar-refractivity contribution in [1.29, 1.82) is 0 Å². The summed E-state index contributed by atoms with van der Waals surface area (Å²) < 4.78 is 5.84. The van der Waals surface area contributed by atoms with Crippen LogP contribution in [0.25, 0.3) is 0 Å². The zero-order valence-corrected chi connectivity index (χ0v) is 12.2. The first-order valence-corrected chi connectivity index (χ1v) is 7.93. The number of thioether (sulfide) groups is 1. The van der Waals surface area contributed by atoms with Gasteiger partial charge in [0.2, 0.25) is 5.88 Å². The van der Waals surface area contributed by atoms with Crippen molar-refractivity contribution in [3.63, 3.8) is 0 Å². The lowest BCUT2D eigenvalue weighted by Gasteiger charge is -2.09. The molecule has 104 valence electrons. The molecule has 5 heteroatoms. The number of nitrogens with zero attached hydrogens (tertiary/aromatic N) is 2. The number of hydrogen-bond acceptors (Lipinski definition) is 5. The molecule has 4 nitrogen and oxygen atoms in total. The summed E-state index contributed by atoms with van der Waals surface area (Å²) in [6, 6.07) is 8.61. The number of ether oxygens (including phenoxy) is 1. The molecule has 3 rings (SSSR count). The monoisotopic (exact) mass is 287 g/mol. The second-order valence-corrected chi connectivity index (χ2v) is 5.60. The lowest BCUT2D eigenvalue weighted by molar-refractivity contribution is 0.446. The summed E-state index contributed by atoms with van der Waals surface area (Å²) in [6.07, 6.45) is 8.00. The molecule has 0 aliphatic heterocycles. The smallest absolute Gasteiger partial charge is 0.238 e. The minimum absolute atomic E-state index is 0.543. The molecule has 1 fully saturated rings. The van der Waals surface area contributed by atoms with Crippen LogP contribution in [0.15, 0.2) is 41.6 Å². The van der Waals surface area contributed by atoms with Gasteiger partial charge in [-0.25, -0.2) is 4.98 Å². The first kappa shape index (κ1) is 13.4. The first-order chi connectivity index (χ1) is 9.85. The number of aromatic nitrogens is 2. The van der Waals surface area contributed by atoms with Crippen molar-refractivity contribution in [2.75, 3.05) is 6.26 Å². The summed E-state index contributed by atoms with van der Waals surface area (Å²) in [6.45, 7) is 0.749. The molecule has 1 saturated carbocycles. The van der Waals surface area contributed by atoms with Crippen LogP contribution in [0.1, 0.15) is 18.5 Å². The third-order valence-electron chi connectivity index (χ3n) is 3.10. The van der Waals surface area contributed by atoms with Gasteiger partial charge in [-0.05, 0) is 31.2 Å². The predicted molar refractivity (Wildman–Crippen MR) is 80.2 cm³/mol. The van der Waals surface area contributed by atoms with Crippen molar-refractivity contribution in [3.8, 4) is 11.6 Å². The van der Waals surface area contributed by atoms with E-state index in [1.54, 1.807) is 24.2 Å². The van der Waals surface area contributed by atoms with E-state index in [0.29, 0.717) is 11.9 Å². The average Bonchev–Trinajstić information content (AvgIpc) is 3.30. The van der Waals surface area contributed by atoms with E-state index in [0.717, 1.165) is 22.9 Å². The highest BCUT2D eigenvalue weighted by Gasteiger charge is 2.20. The lowest BCUT2D eigenvalue weighted by atomic mass is 10.3. The van der Waals surface area contributed by atoms with Gasteiger partial charge in [0, 0.05) is 23.7 Å². The summed E-state index contributed by atoms with van der Waals surface area (Å²) >= 11 is 1.66. The van der Waals surface area contributed by atoms with Crippen LogP contribution in [0.3, 0.4) is 0 Å². The zero-order chi connectivity index (χ0) is 13.8. The van der Waals surface area contributed by atoms with Crippen molar-refractivity contribution >= 4 is 11.8 Å². The predicted octanol–water partition coefficient (Wildman–Crippen LogP) is 3.24. The van der Waals surface area contributed by atoms with Crippen LogP contribution >= 0.6 is 11.8 Å². The highest BCUT2D eigenvalue weighted by Crippen LogP contribution is 2.30. The molecular weight excluding hydrogens is 270 g/mol. The molecule has 1 aliphatic rings. The van der Waals surface area contributed by atoms with E-state index in [4.69, 9.17) is 4.74 Å². The van der Waals surface area contributed by atoms with Gasteiger partial charge in [0.15, 0.2) is 0 Å². The molecule has 0 radical (unpaired) electrons. The molecular formula is C15H17N3OS. The Labute approximate surface area is 123 Å². The summed E-state index contributed by atoms with van der Waals surface area (Å²) in [5.74, 6) is 1.36. The Kier molecular flexibility index (Phi) is 4.18. The van der Waals surface area contributed by atoms with Gasteiger partial charge in [-0.1, -0.05) is 12.1 Å². The highest BCUT2D eigenvalue weighted by molar-refractivity contribution is 7.98. The van der Waals surface area contributed by atoms with Gasteiger partial charge in [0.25, 0.3) is 0 Å². The van der Waals surface area contributed by atoms with E-state index in [-0.39, 0.29) is 0 Å². The van der Waals surface area contributed by atoms with Gasteiger partial charge in [0.05, 0.1) is 11.9 Å². The van der Waals surface area contributed by atoms with Crippen LogP contribution in [0.2, 0.25) is 0 Å². The summed E-state index contributed by atoms with van der Waals surface area (Å²) in [4.78, 5) is 9.78. The Morgan fingerprint density at radius 3 is 2.95 bits per heavy atom. The molecule has 0 amide bonds. The standard InChI is InChI=1S/C15H17N3OS/c1-20-14-5-3-2-4-13(14)19-15-10-16-8-12(18-15)9-17-11-6-7-11/h2-5,8,10-11,17H,6-7,9H2,1H3. The second kappa shape index (κ2) is 6.24. The van der Waals surface area contributed by atoms with Crippen LogP contribution < -0.4 is 10.1 Å². The van der Waals surface area contributed by atoms with Crippen molar-refractivity contribution in [1.82, 2.24) is 15.3 Å². The van der Waals surface area contributed by atoms with Crippen LogP contribution in [0.5, 0.6) is 11.6 Å². The maximum Gasteiger partial charge on any atom is 0.238 e. The molecule has 1 N–H and O–H groups in total. The first-order valence-electron chi connectivity index (χ1n) is 6.70. The summed E-state index contributed by atoms with van der Waals surface area (Å²) in [5, 5.41) is 3.42. The Morgan fingerprint density at radius 1 is 1.30 bits per heavy atom. The number of hydrogen-bond donors (Lipinski definition) is 1. The van der Waals surface area contributed by atoms with E-state index < -0.39 is 0 Å². The molecule has 0 bridgehead atoms. The Hall–Kier alpha value is -1.59. The summed E-state index contributed by atoms with van der Waals surface area (Å²) in [7, 11) is 0. The Morgan fingerprint density at radius 2 is 2.15 bits per heavy atom. The van der Waals surface area contributed by atoms with E-state index in [9.17, 15) is 0 Å². The molecule has 0 unspecified atom stereocenters. The quantitative estimate of drug-likeness (QED) is 0.826. The largest absolute Gasteiger partial charge is 0.436 e. The Bertz CT molecular complexity index is 587. The van der Waals surface area contributed by atoms with E-state index >= 15 is 0 Å². The summed E-state index contributed by atoms with van der Waals surface area (Å²) in [5.41, 5.74) is 0.913. The van der Waals surface area contributed by atoms with Gasteiger partial charge in [-0.15, -0.1) is 11.8 Å². The fraction of sp³-hybridized carbons (Fsp3) is 0.333. The van der Waals surface area contributed by atoms with Crippen LogP contribution in [-0.4, -0.2) is 22.3 Å². The Balaban J connectivity index is 1.71. The van der Waals surface area contributed by atoms with Crippen molar-refractivity contribution < 1.29 is 4.74 Å². The third kappa shape index (κ3) is 3.49. The van der Waals surface area contributed by atoms with Gasteiger partial charge in [-0.3, -0.25) is 4.98 Å². The minimum Gasteiger partial charge on any atom is -0.436 e. The van der Waals surface area contributed by atoms with Crippen molar-refractivity contribution in [3.05, 3.63) is 42.4 Å². The lowest BCUT2D eigenvalue weighted by Crippen LogP contribution is -2.16. The molecule has 0 saturated heterocycles. The third-order valence-corrected chi connectivity index (χ3v) is 3.87. The molecule has 20 heavy (non-hydrogen) atoms. The average molecular weight is 287 g/mol. The highest BCUT2D eigenvalue weighted by atomic mass is 32.2. The van der Waals surface area contributed by atoms with Crippen LogP contribution in [0.4, 0.5) is 0 Å². The topological polar surface area (TPSA) is 47.0 Å². The number of para-hydroxylation sites is 1. The van der Waals surface area contributed by atoms with E-state index in [1.807, 2.05) is 30.5 Å². The number of nitrogens with one attached hydrogen (secondary N) is 1. The van der Waals surface area contributed by atoms with Gasteiger partial charge < -0.3 is 10.1 Å². The SMILES string of the molecule is CSc1ccccc1Oc1cncc(CNC2CC2)n1.